The molecule has 2 aromatic carbocycles. The van der Waals surface area contributed by atoms with Gasteiger partial charge in [0.2, 0.25) is 0 Å². The summed E-state index contributed by atoms with van der Waals surface area (Å²) in [5.41, 5.74) is 0.895. The van der Waals surface area contributed by atoms with Crippen LogP contribution in [0.1, 0.15) is 5.56 Å². The molecule has 0 fully saturated rings. The van der Waals surface area contributed by atoms with Gasteiger partial charge in [0.05, 0.1) is 11.1 Å². The third-order valence-electron chi connectivity index (χ3n) is 3.13. The highest BCUT2D eigenvalue weighted by Gasteiger charge is 2.31. The first-order valence-electron chi connectivity index (χ1n) is 5.93. The fraction of sp³-hybridized carbons (Fsp3) is 0.0667. The summed E-state index contributed by atoms with van der Waals surface area (Å²) in [5.74, 6) is -0.381. The summed E-state index contributed by atoms with van der Waals surface area (Å²) in [7, 11) is 0. The van der Waals surface area contributed by atoms with Crippen molar-refractivity contribution in [3.63, 3.8) is 0 Å². The van der Waals surface area contributed by atoms with Gasteiger partial charge in [0.15, 0.2) is 0 Å². The van der Waals surface area contributed by atoms with Crippen molar-refractivity contribution in [1.29, 1.82) is 0 Å². The molecule has 0 aliphatic rings. The number of hydrogen-bond donors (Lipinski definition) is 2. The third-order valence-corrected chi connectivity index (χ3v) is 3.13. The van der Waals surface area contributed by atoms with E-state index in [9.17, 15) is 18.3 Å². The second-order valence-corrected chi connectivity index (χ2v) is 4.50. The number of alkyl halides is 3. The van der Waals surface area contributed by atoms with Crippen LogP contribution in [0.15, 0.2) is 48.5 Å². The summed E-state index contributed by atoms with van der Waals surface area (Å²) in [6.07, 6.45) is -4.48. The maximum atomic E-state index is 12.7. The van der Waals surface area contributed by atoms with E-state index in [0.29, 0.717) is 11.1 Å². The van der Waals surface area contributed by atoms with Gasteiger partial charge in [-0.1, -0.05) is 30.3 Å². The Kier molecular flexibility index (Phi) is 2.71. The Morgan fingerprint density at radius 1 is 0.950 bits per heavy atom. The first kappa shape index (κ1) is 12.6. The number of benzene rings is 2. The Labute approximate surface area is 112 Å². The van der Waals surface area contributed by atoms with Crippen molar-refractivity contribution in [1.82, 2.24) is 4.98 Å². The highest BCUT2D eigenvalue weighted by atomic mass is 19.4. The van der Waals surface area contributed by atoms with E-state index < -0.39 is 11.7 Å². The highest BCUT2D eigenvalue weighted by molar-refractivity contribution is 5.91. The quantitative estimate of drug-likeness (QED) is 0.672. The Bertz CT molecular complexity index is 760. The molecule has 0 amide bonds. The van der Waals surface area contributed by atoms with Crippen LogP contribution in [0.5, 0.6) is 5.75 Å². The molecule has 1 heterocycles. The molecular weight excluding hydrogens is 267 g/mol. The first-order valence-corrected chi connectivity index (χ1v) is 5.93. The fourth-order valence-electron chi connectivity index (χ4n) is 2.16. The lowest BCUT2D eigenvalue weighted by Crippen LogP contribution is -2.04. The fourth-order valence-corrected chi connectivity index (χ4v) is 2.16. The Balaban J connectivity index is 2.19. The second kappa shape index (κ2) is 4.30. The average Bonchev–Trinajstić information content (AvgIpc) is 2.83. The standard InChI is InChI=1S/C15H10F3NO/c16-15(17,18)10-6-13-11(14(20)7-10)8-12(19-13)9-4-2-1-3-5-9/h1-8,19-20H. The van der Waals surface area contributed by atoms with E-state index in [1.807, 2.05) is 30.3 Å². The number of H-pyrrole nitrogens is 1. The molecule has 0 unspecified atom stereocenters. The van der Waals surface area contributed by atoms with Crippen molar-refractivity contribution in [2.45, 2.75) is 6.18 Å². The predicted octanol–water partition coefficient (Wildman–Crippen LogP) is 4.56. The minimum Gasteiger partial charge on any atom is -0.507 e. The number of aromatic nitrogens is 1. The van der Waals surface area contributed by atoms with Gasteiger partial charge in [-0.25, -0.2) is 0 Å². The lowest BCUT2D eigenvalue weighted by atomic mass is 10.1. The summed E-state index contributed by atoms with van der Waals surface area (Å²) in [5, 5.41) is 10.1. The molecule has 0 saturated carbocycles. The molecule has 3 aromatic rings. The van der Waals surface area contributed by atoms with Gasteiger partial charge in [-0.05, 0) is 23.8 Å². The third kappa shape index (κ3) is 2.11. The Hall–Kier alpha value is -2.43. The van der Waals surface area contributed by atoms with Crippen LogP contribution in [-0.4, -0.2) is 10.1 Å². The Morgan fingerprint density at radius 3 is 2.30 bits per heavy atom. The summed E-state index contributed by atoms with van der Waals surface area (Å²) in [4.78, 5) is 2.91. The molecule has 0 aliphatic carbocycles. The molecule has 0 aliphatic heterocycles. The molecule has 20 heavy (non-hydrogen) atoms. The number of halogens is 3. The molecule has 0 radical (unpaired) electrons. The van der Waals surface area contributed by atoms with E-state index in [1.165, 1.54) is 0 Å². The van der Waals surface area contributed by atoms with Gasteiger partial charge < -0.3 is 10.1 Å². The van der Waals surface area contributed by atoms with Gasteiger partial charge in [-0.2, -0.15) is 13.2 Å². The van der Waals surface area contributed by atoms with Crippen LogP contribution in [-0.2, 0) is 6.18 Å². The number of aromatic hydroxyl groups is 1. The summed E-state index contributed by atoms with van der Waals surface area (Å²) < 4.78 is 38.1. The lowest BCUT2D eigenvalue weighted by molar-refractivity contribution is -0.137. The molecule has 5 heteroatoms. The predicted molar refractivity (Wildman–Crippen MR) is 70.4 cm³/mol. The average molecular weight is 277 g/mol. The van der Waals surface area contributed by atoms with Crippen molar-refractivity contribution in [2.75, 3.05) is 0 Å². The van der Waals surface area contributed by atoms with Crippen LogP contribution < -0.4 is 0 Å². The summed E-state index contributed by atoms with van der Waals surface area (Å²) >= 11 is 0. The van der Waals surface area contributed by atoms with Crippen molar-refractivity contribution in [3.8, 4) is 17.0 Å². The van der Waals surface area contributed by atoms with Crippen LogP contribution in [0.3, 0.4) is 0 Å². The number of rotatable bonds is 1. The molecule has 3 rings (SSSR count). The van der Waals surface area contributed by atoms with Crippen LogP contribution in [0.25, 0.3) is 22.2 Å². The normalized spacial score (nSPS) is 11.9. The number of hydrogen-bond acceptors (Lipinski definition) is 1. The zero-order valence-corrected chi connectivity index (χ0v) is 10.2. The van der Waals surface area contributed by atoms with Gasteiger partial charge in [0.25, 0.3) is 0 Å². The topological polar surface area (TPSA) is 36.0 Å². The van der Waals surface area contributed by atoms with Gasteiger partial charge >= 0.3 is 6.18 Å². The van der Waals surface area contributed by atoms with Crippen molar-refractivity contribution in [3.05, 3.63) is 54.1 Å². The van der Waals surface area contributed by atoms with Crippen LogP contribution in [0, 0.1) is 0 Å². The SMILES string of the molecule is Oc1cc(C(F)(F)F)cc2[nH]c(-c3ccccc3)cc12. The molecule has 2 N–H and O–H groups in total. The zero-order chi connectivity index (χ0) is 14.3. The smallest absolute Gasteiger partial charge is 0.416 e. The number of phenolic OH excluding ortho intramolecular Hbond substituents is 1. The summed E-state index contributed by atoms with van der Waals surface area (Å²) in [6, 6.07) is 12.6. The van der Waals surface area contributed by atoms with Crippen LogP contribution >= 0.6 is 0 Å². The summed E-state index contributed by atoms with van der Waals surface area (Å²) in [6.45, 7) is 0. The number of nitrogens with one attached hydrogen (secondary N) is 1. The number of aromatic amines is 1. The molecule has 0 atom stereocenters. The molecule has 2 nitrogen and oxygen atoms in total. The monoisotopic (exact) mass is 277 g/mol. The second-order valence-electron chi connectivity index (χ2n) is 4.50. The molecular formula is C15H10F3NO. The first-order chi connectivity index (χ1) is 9.45. The van der Waals surface area contributed by atoms with Crippen molar-refractivity contribution in [2.24, 2.45) is 0 Å². The molecule has 102 valence electrons. The number of phenols is 1. The maximum Gasteiger partial charge on any atom is 0.416 e. The highest BCUT2D eigenvalue weighted by Crippen LogP contribution is 2.37. The van der Waals surface area contributed by atoms with E-state index in [-0.39, 0.29) is 11.3 Å². The van der Waals surface area contributed by atoms with E-state index in [2.05, 4.69) is 4.98 Å². The minimum absolute atomic E-state index is 0.260. The minimum atomic E-state index is -4.48. The Morgan fingerprint density at radius 2 is 1.65 bits per heavy atom. The number of fused-ring (bicyclic) bond motifs is 1. The maximum absolute atomic E-state index is 12.7. The molecule has 0 spiro atoms. The van der Waals surface area contributed by atoms with E-state index >= 15 is 0 Å². The van der Waals surface area contributed by atoms with Gasteiger partial charge in [0, 0.05) is 11.1 Å². The van der Waals surface area contributed by atoms with Crippen LogP contribution in [0.4, 0.5) is 13.2 Å². The largest absolute Gasteiger partial charge is 0.507 e. The molecule has 0 bridgehead atoms. The van der Waals surface area contributed by atoms with Gasteiger partial charge in [0.1, 0.15) is 5.75 Å². The van der Waals surface area contributed by atoms with Gasteiger partial charge in [-0.15, -0.1) is 0 Å². The molecule has 1 aromatic heterocycles. The van der Waals surface area contributed by atoms with E-state index in [4.69, 9.17) is 0 Å². The van der Waals surface area contributed by atoms with Gasteiger partial charge in [-0.3, -0.25) is 0 Å². The van der Waals surface area contributed by atoms with E-state index in [0.717, 1.165) is 17.7 Å². The van der Waals surface area contributed by atoms with E-state index in [1.54, 1.807) is 6.07 Å². The van der Waals surface area contributed by atoms with Crippen LogP contribution in [0.2, 0.25) is 0 Å². The molecule has 0 saturated heterocycles. The van der Waals surface area contributed by atoms with Crippen molar-refractivity contribution >= 4 is 10.9 Å². The lowest BCUT2D eigenvalue weighted by Gasteiger charge is -2.07. The van der Waals surface area contributed by atoms with Crippen molar-refractivity contribution < 1.29 is 18.3 Å². The zero-order valence-electron chi connectivity index (χ0n) is 10.2.